The number of hydrogen-bond donors (Lipinski definition) is 2. The van der Waals surface area contributed by atoms with Crippen LogP contribution in [0.3, 0.4) is 0 Å². The Morgan fingerprint density at radius 3 is 2.50 bits per heavy atom. The van der Waals surface area contributed by atoms with Gasteiger partial charge in [-0.25, -0.2) is 14.1 Å². The van der Waals surface area contributed by atoms with Crippen molar-refractivity contribution in [3.8, 4) is 5.75 Å². The van der Waals surface area contributed by atoms with E-state index in [1.807, 2.05) is 42.5 Å². The molecule has 0 unspecified atom stereocenters. The van der Waals surface area contributed by atoms with Crippen LogP contribution in [0.2, 0.25) is 5.02 Å². The van der Waals surface area contributed by atoms with Gasteiger partial charge in [0.15, 0.2) is 0 Å². The summed E-state index contributed by atoms with van der Waals surface area (Å²) in [6, 6.07) is 23.4. The second kappa shape index (κ2) is 10.7. The fourth-order valence-corrected chi connectivity index (χ4v) is 4.17. The van der Waals surface area contributed by atoms with Gasteiger partial charge in [-0.05, 0) is 52.7 Å². The molecule has 0 atom stereocenters. The number of rotatable bonds is 7. The zero-order chi connectivity index (χ0) is 26.6. The molecule has 1 fully saturated rings. The first-order chi connectivity index (χ1) is 18.4. The maximum Gasteiger partial charge on any atom is 0.329 e. The van der Waals surface area contributed by atoms with Gasteiger partial charge in [0.05, 0.1) is 5.69 Å². The molecule has 4 aromatic carbocycles. The molecule has 7 nitrogen and oxygen atoms in total. The maximum absolute atomic E-state index is 13.9. The summed E-state index contributed by atoms with van der Waals surface area (Å²) in [4.78, 5) is 38.9. The number of halogens is 2. The molecule has 0 radical (unpaired) electrons. The monoisotopic (exact) mass is 529 g/mol. The zero-order valence-electron chi connectivity index (χ0n) is 19.9. The Kier molecular flexibility index (Phi) is 7.06. The highest BCUT2D eigenvalue weighted by Gasteiger charge is 2.35. The molecule has 0 spiro atoms. The van der Waals surface area contributed by atoms with Crippen LogP contribution in [0.25, 0.3) is 16.8 Å². The molecule has 1 aliphatic heterocycles. The molecule has 4 aromatic rings. The average Bonchev–Trinajstić information content (AvgIpc) is 3.17. The molecule has 0 saturated carbocycles. The van der Waals surface area contributed by atoms with Crippen molar-refractivity contribution in [2.75, 3.05) is 11.9 Å². The van der Waals surface area contributed by atoms with E-state index in [9.17, 15) is 18.8 Å². The van der Waals surface area contributed by atoms with E-state index in [4.69, 9.17) is 16.3 Å². The molecule has 2 N–H and O–H groups in total. The van der Waals surface area contributed by atoms with Gasteiger partial charge in [-0.3, -0.25) is 9.59 Å². The lowest BCUT2D eigenvalue weighted by Gasteiger charge is -2.13. The normalized spacial score (nSPS) is 14.2. The molecule has 9 heteroatoms. The van der Waals surface area contributed by atoms with Gasteiger partial charge in [0.2, 0.25) is 5.91 Å². The maximum atomic E-state index is 13.9. The van der Waals surface area contributed by atoms with Crippen molar-refractivity contribution < 1.29 is 23.5 Å². The second-order valence-corrected chi connectivity index (χ2v) is 8.96. The van der Waals surface area contributed by atoms with Crippen molar-refractivity contribution in [3.63, 3.8) is 0 Å². The zero-order valence-corrected chi connectivity index (χ0v) is 20.7. The molecule has 1 aliphatic rings. The Balaban J connectivity index is 1.40. The van der Waals surface area contributed by atoms with E-state index in [-0.39, 0.29) is 18.0 Å². The van der Waals surface area contributed by atoms with Crippen LogP contribution in [-0.4, -0.2) is 29.3 Å². The third kappa shape index (κ3) is 5.35. The fourth-order valence-electron chi connectivity index (χ4n) is 4.05. The van der Waals surface area contributed by atoms with E-state index >= 15 is 0 Å². The summed E-state index contributed by atoms with van der Waals surface area (Å²) in [7, 11) is 0. The Hall–Kier alpha value is -4.69. The minimum Gasteiger partial charge on any atom is -0.488 e. The molecular formula is C29H21ClFN3O4. The van der Waals surface area contributed by atoms with E-state index in [0.29, 0.717) is 16.3 Å². The van der Waals surface area contributed by atoms with Gasteiger partial charge in [0.25, 0.3) is 5.91 Å². The number of amides is 4. The number of nitrogens with zero attached hydrogens (tertiary/aromatic N) is 1. The Labute approximate surface area is 222 Å². The second-order valence-electron chi connectivity index (χ2n) is 8.52. The van der Waals surface area contributed by atoms with Crippen LogP contribution in [0, 0.1) is 5.82 Å². The summed E-state index contributed by atoms with van der Waals surface area (Å²) in [6.45, 7) is -0.319. The predicted molar refractivity (Wildman–Crippen MR) is 143 cm³/mol. The number of anilines is 1. The van der Waals surface area contributed by atoms with Crippen molar-refractivity contribution in [2.24, 2.45) is 0 Å². The lowest BCUT2D eigenvalue weighted by atomic mass is 10.0. The highest BCUT2D eigenvalue weighted by molar-refractivity contribution is 6.30. The summed E-state index contributed by atoms with van der Waals surface area (Å²) in [5, 5.41) is 7.25. The summed E-state index contributed by atoms with van der Waals surface area (Å²) in [5.74, 6) is -1.52. The molecule has 0 bridgehead atoms. The molecule has 5 rings (SSSR count). The first kappa shape index (κ1) is 25.0. The van der Waals surface area contributed by atoms with E-state index in [0.717, 1.165) is 21.2 Å². The fraction of sp³-hybridized carbons (Fsp3) is 0.0690. The molecule has 1 heterocycles. The van der Waals surface area contributed by atoms with Crippen molar-refractivity contribution in [2.45, 2.75) is 6.61 Å². The van der Waals surface area contributed by atoms with Gasteiger partial charge in [-0.1, -0.05) is 66.2 Å². The van der Waals surface area contributed by atoms with Crippen LogP contribution in [0.5, 0.6) is 5.75 Å². The number of imide groups is 1. The molecular weight excluding hydrogens is 509 g/mol. The number of urea groups is 1. The van der Waals surface area contributed by atoms with Crippen LogP contribution >= 0.6 is 11.6 Å². The van der Waals surface area contributed by atoms with Crippen LogP contribution in [0.1, 0.15) is 11.1 Å². The van der Waals surface area contributed by atoms with Crippen molar-refractivity contribution in [3.05, 3.63) is 113 Å². The number of ether oxygens (including phenoxy) is 1. The highest BCUT2D eigenvalue weighted by atomic mass is 35.5. The highest BCUT2D eigenvalue weighted by Crippen LogP contribution is 2.31. The lowest BCUT2D eigenvalue weighted by Crippen LogP contribution is -2.38. The third-order valence-corrected chi connectivity index (χ3v) is 6.19. The quantitative estimate of drug-likeness (QED) is 0.236. The molecule has 190 valence electrons. The van der Waals surface area contributed by atoms with Crippen molar-refractivity contribution in [1.29, 1.82) is 0 Å². The van der Waals surface area contributed by atoms with Crippen molar-refractivity contribution in [1.82, 2.24) is 10.2 Å². The third-order valence-electron chi connectivity index (χ3n) is 5.94. The summed E-state index contributed by atoms with van der Waals surface area (Å²) in [5.41, 5.74) is 1.44. The van der Waals surface area contributed by atoms with Crippen LogP contribution < -0.4 is 15.4 Å². The molecule has 0 aromatic heterocycles. The smallest absolute Gasteiger partial charge is 0.329 e. The molecule has 4 amide bonds. The Morgan fingerprint density at radius 2 is 1.71 bits per heavy atom. The van der Waals surface area contributed by atoms with Gasteiger partial charge >= 0.3 is 6.03 Å². The number of hydrogen-bond acceptors (Lipinski definition) is 4. The number of fused-ring (bicyclic) bond motifs is 1. The van der Waals surface area contributed by atoms with Gasteiger partial charge in [-0.2, -0.15) is 0 Å². The Bertz CT molecular complexity index is 1590. The minimum atomic E-state index is -0.756. The van der Waals surface area contributed by atoms with Gasteiger partial charge in [0, 0.05) is 10.6 Å². The number of carbonyl (C=O) groups is 3. The summed E-state index contributed by atoms with van der Waals surface area (Å²) in [6.07, 6.45) is 1.54. The minimum absolute atomic E-state index is 0.0126. The average molecular weight is 530 g/mol. The van der Waals surface area contributed by atoms with E-state index in [1.165, 1.54) is 24.3 Å². The molecule has 38 heavy (non-hydrogen) atoms. The van der Waals surface area contributed by atoms with Crippen molar-refractivity contribution >= 4 is 52.0 Å². The van der Waals surface area contributed by atoms with Gasteiger partial charge < -0.3 is 15.4 Å². The number of benzene rings is 4. The Morgan fingerprint density at radius 1 is 0.974 bits per heavy atom. The van der Waals surface area contributed by atoms with E-state index < -0.39 is 30.2 Å². The number of para-hydroxylation sites is 1. The van der Waals surface area contributed by atoms with E-state index in [1.54, 1.807) is 24.3 Å². The summed E-state index contributed by atoms with van der Waals surface area (Å²) < 4.78 is 20.0. The van der Waals surface area contributed by atoms with Crippen LogP contribution in [0.15, 0.2) is 90.6 Å². The number of carbonyl (C=O) groups excluding carboxylic acids is 3. The predicted octanol–water partition coefficient (Wildman–Crippen LogP) is 5.74. The number of nitrogens with one attached hydrogen (secondary N) is 2. The molecule has 1 saturated heterocycles. The first-order valence-corrected chi connectivity index (χ1v) is 12.0. The largest absolute Gasteiger partial charge is 0.488 e. The van der Waals surface area contributed by atoms with Crippen LogP contribution in [0.4, 0.5) is 14.9 Å². The first-order valence-electron chi connectivity index (χ1n) is 11.7. The van der Waals surface area contributed by atoms with Crippen LogP contribution in [-0.2, 0) is 16.2 Å². The topological polar surface area (TPSA) is 87.7 Å². The SMILES string of the molecule is O=C(CN1C(=O)N/C(=C/c2c(OCc3ccc(Cl)cc3)ccc3ccccc23)C1=O)Nc1ccccc1F. The van der Waals surface area contributed by atoms with E-state index in [2.05, 4.69) is 10.6 Å². The van der Waals surface area contributed by atoms with Gasteiger partial charge in [0.1, 0.15) is 30.4 Å². The standard InChI is InChI=1S/C29H21ClFN3O4/c30-20-12-9-18(10-13-20)17-38-26-14-11-19-5-1-2-6-21(19)22(26)15-25-28(36)34(29(37)33-25)16-27(35)32-24-8-4-3-7-23(24)31/h1-15H,16-17H2,(H,32,35)(H,33,37)/b25-15+. The lowest BCUT2D eigenvalue weighted by molar-refractivity contribution is -0.127. The molecule has 0 aliphatic carbocycles. The summed E-state index contributed by atoms with van der Waals surface area (Å²) >= 11 is 5.97. The van der Waals surface area contributed by atoms with Gasteiger partial charge in [-0.15, -0.1) is 0 Å².